The van der Waals surface area contributed by atoms with Crippen molar-refractivity contribution in [1.29, 1.82) is 0 Å². The third kappa shape index (κ3) is 3.86. The van der Waals surface area contributed by atoms with E-state index in [1.54, 1.807) is 25.6 Å². The molecule has 1 N–H and O–H groups in total. The van der Waals surface area contributed by atoms with Gasteiger partial charge in [0.2, 0.25) is 0 Å². The highest BCUT2D eigenvalue weighted by Crippen LogP contribution is 2.25. The molecule has 0 aliphatic heterocycles. The highest BCUT2D eigenvalue weighted by atomic mass is 35.5. The molecule has 3 nitrogen and oxygen atoms in total. The average molecular weight is 298 g/mol. The molecule has 0 radical (unpaired) electrons. The zero-order valence-electron chi connectivity index (χ0n) is 10.9. The Bertz CT molecular complexity index is 542. The molecule has 2 rings (SSSR count). The van der Waals surface area contributed by atoms with E-state index < -0.39 is 0 Å². The first-order valence-electron chi connectivity index (χ1n) is 5.88. The number of halogens is 1. The first-order chi connectivity index (χ1) is 9.22. The first kappa shape index (κ1) is 14.2. The summed E-state index contributed by atoms with van der Waals surface area (Å²) in [5, 5.41) is 3.37. The van der Waals surface area contributed by atoms with Gasteiger partial charge >= 0.3 is 0 Å². The van der Waals surface area contributed by atoms with Gasteiger partial charge in [0.05, 0.1) is 18.6 Å². The summed E-state index contributed by atoms with van der Waals surface area (Å²) >= 11 is 7.48. The maximum Gasteiger partial charge on any atom is 0.127 e. The molecule has 1 heterocycles. The van der Waals surface area contributed by atoms with E-state index in [-0.39, 0.29) is 0 Å². The molecule has 0 spiro atoms. The molecule has 0 saturated heterocycles. The fraction of sp³-hybridized carbons (Fsp3) is 0.286. The van der Waals surface area contributed by atoms with Gasteiger partial charge < -0.3 is 14.8 Å². The fourth-order valence-corrected chi connectivity index (χ4v) is 2.82. The minimum absolute atomic E-state index is 0.739. The predicted molar refractivity (Wildman–Crippen MR) is 79.4 cm³/mol. The smallest absolute Gasteiger partial charge is 0.127 e. The molecule has 102 valence electrons. The van der Waals surface area contributed by atoms with E-state index in [1.807, 2.05) is 30.3 Å². The van der Waals surface area contributed by atoms with Gasteiger partial charge in [-0.15, -0.1) is 11.3 Å². The highest BCUT2D eigenvalue weighted by Gasteiger charge is 2.05. The third-order valence-electron chi connectivity index (χ3n) is 2.74. The van der Waals surface area contributed by atoms with Crippen molar-refractivity contribution < 1.29 is 9.47 Å². The van der Waals surface area contributed by atoms with E-state index >= 15 is 0 Å². The van der Waals surface area contributed by atoms with Crippen LogP contribution in [0.15, 0.2) is 30.3 Å². The van der Waals surface area contributed by atoms with Crippen LogP contribution in [0, 0.1) is 0 Å². The number of rotatable bonds is 6. The maximum absolute atomic E-state index is 5.89. The standard InChI is InChI=1S/C14H16ClNO2S/c1-17-11-4-3-10(13(7-11)18-2)8-16-9-12-5-6-14(15)19-12/h3-7,16H,8-9H2,1-2H3. The van der Waals surface area contributed by atoms with Crippen molar-refractivity contribution in [2.45, 2.75) is 13.1 Å². The van der Waals surface area contributed by atoms with Gasteiger partial charge in [0.15, 0.2) is 0 Å². The number of hydrogen-bond donors (Lipinski definition) is 1. The topological polar surface area (TPSA) is 30.5 Å². The first-order valence-corrected chi connectivity index (χ1v) is 7.08. The van der Waals surface area contributed by atoms with E-state index in [1.165, 1.54) is 4.88 Å². The van der Waals surface area contributed by atoms with Crippen LogP contribution in [-0.4, -0.2) is 14.2 Å². The number of nitrogens with one attached hydrogen (secondary N) is 1. The summed E-state index contributed by atoms with van der Waals surface area (Å²) in [7, 11) is 3.31. The Hall–Kier alpha value is -1.23. The molecule has 5 heteroatoms. The summed E-state index contributed by atoms with van der Waals surface area (Å²) in [6, 6.07) is 9.77. The largest absolute Gasteiger partial charge is 0.497 e. The van der Waals surface area contributed by atoms with Gasteiger partial charge in [-0.05, 0) is 18.2 Å². The molecule has 0 bridgehead atoms. The Labute approximate surface area is 122 Å². The molecule has 1 aromatic carbocycles. The lowest BCUT2D eigenvalue weighted by atomic mass is 10.2. The number of hydrogen-bond acceptors (Lipinski definition) is 4. The number of methoxy groups -OCH3 is 2. The van der Waals surface area contributed by atoms with Crippen molar-refractivity contribution in [3.63, 3.8) is 0 Å². The summed E-state index contributed by atoms with van der Waals surface area (Å²) in [5.74, 6) is 1.63. The van der Waals surface area contributed by atoms with E-state index in [9.17, 15) is 0 Å². The van der Waals surface area contributed by atoms with Gasteiger partial charge in [-0.1, -0.05) is 17.7 Å². The second-order valence-electron chi connectivity index (χ2n) is 3.99. The second-order valence-corrected chi connectivity index (χ2v) is 5.79. The summed E-state index contributed by atoms with van der Waals surface area (Å²) in [6.45, 7) is 1.54. The molecular weight excluding hydrogens is 282 g/mol. The van der Waals surface area contributed by atoms with Crippen molar-refractivity contribution in [3.8, 4) is 11.5 Å². The normalized spacial score (nSPS) is 10.5. The van der Waals surface area contributed by atoms with Gasteiger partial charge in [0.1, 0.15) is 11.5 Å². The molecule has 2 aromatic rings. The van der Waals surface area contributed by atoms with E-state index in [0.717, 1.165) is 34.5 Å². The van der Waals surface area contributed by atoms with Crippen molar-refractivity contribution in [2.75, 3.05) is 14.2 Å². The number of benzene rings is 1. The molecule has 0 saturated carbocycles. The minimum Gasteiger partial charge on any atom is -0.497 e. The Morgan fingerprint density at radius 3 is 2.58 bits per heavy atom. The third-order valence-corrected chi connectivity index (χ3v) is 3.97. The van der Waals surface area contributed by atoms with Crippen LogP contribution in [0.5, 0.6) is 11.5 Å². The quantitative estimate of drug-likeness (QED) is 0.882. The van der Waals surface area contributed by atoms with Crippen LogP contribution in [0.2, 0.25) is 4.34 Å². The van der Waals surface area contributed by atoms with E-state index in [2.05, 4.69) is 5.32 Å². The summed E-state index contributed by atoms with van der Waals surface area (Å²) in [5.41, 5.74) is 1.10. The van der Waals surface area contributed by atoms with E-state index in [0.29, 0.717) is 0 Å². The van der Waals surface area contributed by atoms with Crippen LogP contribution >= 0.6 is 22.9 Å². The van der Waals surface area contributed by atoms with Gasteiger partial charge in [-0.25, -0.2) is 0 Å². The fourth-order valence-electron chi connectivity index (χ4n) is 1.77. The molecule has 0 aliphatic carbocycles. The zero-order chi connectivity index (χ0) is 13.7. The Morgan fingerprint density at radius 1 is 1.11 bits per heavy atom. The molecule has 0 atom stereocenters. The molecule has 19 heavy (non-hydrogen) atoms. The highest BCUT2D eigenvalue weighted by molar-refractivity contribution is 7.16. The maximum atomic E-state index is 5.89. The molecule has 0 fully saturated rings. The minimum atomic E-state index is 0.739. The number of thiophene rings is 1. The number of ether oxygens (including phenoxy) is 2. The summed E-state index contributed by atoms with van der Waals surface area (Å²) in [6.07, 6.45) is 0. The SMILES string of the molecule is COc1ccc(CNCc2ccc(Cl)s2)c(OC)c1. The average Bonchev–Trinajstić information content (AvgIpc) is 2.84. The second kappa shape index (κ2) is 6.80. The summed E-state index contributed by atoms with van der Waals surface area (Å²) < 4.78 is 11.3. The predicted octanol–water partition coefficient (Wildman–Crippen LogP) is 3.71. The van der Waals surface area contributed by atoms with Gasteiger partial charge in [0, 0.05) is 29.6 Å². The van der Waals surface area contributed by atoms with Gasteiger partial charge in [-0.3, -0.25) is 0 Å². The Morgan fingerprint density at radius 2 is 1.95 bits per heavy atom. The lowest BCUT2D eigenvalue weighted by Gasteiger charge is -2.10. The Balaban J connectivity index is 1.95. The molecule has 1 aromatic heterocycles. The molecule has 0 unspecified atom stereocenters. The lowest BCUT2D eigenvalue weighted by Crippen LogP contribution is -2.12. The van der Waals surface area contributed by atoms with Crippen LogP contribution in [-0.2, 0) is 13.1 Å². The van der Waals surface area contributed by atoms with Crippen LogP contribution in [0.1, 0.15) is 10.4 Å². The van der Waals surface area contributed by atoms with Crippen molar-refractivity contribution in [1.82, 2.24) is 5.32 Å². The molecular formula is C14H16ClNO2S. The van der Waals surface area contributed by atoms with Crippen molar-refractivity contribution >= 4 is 22.9 Å². The van der Waals surface area contributed by atoms with Crippen molar-refractivity contribution in [3.05, 3.63) is 45.1 Å². The van der Waals surface area contributed by atoms with Crippen LogP contribution in [0.4, 0.5) is 0 Å². The lowest BCUT2D eigenvalue weighted by molar-refractivity contribution is 0.390. The summed E-state index contributed by atoms with van der Waals surface area (Å²) in [4.78, 5) is 1.22. The van der Waals surface area contributed by atoms with Gasteiger partial charge in [0.25, 0.3) is 0 Å². The molecule has 0 aliphatic rings. The van der Waals surface area contributed by atoms with Crippen LogP contribution < -0.4 is 14.8 Å². The van der Waals surface area contributed by atoms with Crippen LogP contribution in [0.25, 0.3) is 0 Å². The zero-order valence-corrected chi connectivity index (χ0v) is 12.5. The van der Waals surface area contributed by atoms with Crippen molar-refractivity contribution in [2.24, 2.45) is 0 Å². The monoisotopic (exact) mass is 297 g/mol. The van der Waals surface area contributed by atoms with E-state index in [4.69, 9.17) is 21.1 Å². The van der Waals surface area contributed by atoms with Crippen LogP contribution in [0.3, 0.4) is 0 Å². The van der Waals surface area contributed by atoms with Gasteiger partial charge in [-0.2, -0.15) is 0 Å². The molecule has 0 amide bonds. The Kier molecular flexibility index (Phi) is 5.07.